The van der Waals surface area contributed by atoms with Gasteiger partial charge in [0.2, 0.25) is 0 Å². The summed E-state index contributed by atoms with van der Waals surface area (Å²) in [6.07, 6.45) is 6.24. The van der Waals surface area contributed by atoms with Gasteiger partial charge in [0.25, 0.3) is 0 Å². The van der Waals surface area contributed by atoms with E-state index >= 15 is 0 Å². The van der Waals surface area contributed by atoms with E-state index in [0.29, 0.717) is 0 Å². The average Bonchev–Trinajstić information content (AvgIpc) is 3.58. The molecule has 0 amide bonds. The number of benzene rings is 5. The minimum atomic E-state index is -0.226. The molecule has 1 saturated carbocycles. The van der Waals surface area contributed by atoms with E-state index in [2.05, 4.69) is 103 Å². The zero-order valence-electron chi connectivity index (χ0n) is 24.0. The van der Waals surface area contributed by atoms with Crippen LogP contribution in [-0.2, 0) is 5.41 Å². The highest BCUT2D eigenvalue weighted by molar-refractivity contribution is 6.16. The Bertz CT molecular complexity index is 1950. The van der Waals surface area contributed by atoms with Crippen LogP contribution in [0.2, 0.25) is 0 Å². The molecule has 1 fully saturated rings. The van der Waals surface area contributed by atoms with Gasteiger partial charge in [-0.1, -0.05) is 122 Å². The largest absolute Gasteiger partial charge is 0.481 e. The van der Waals surface area contributed by atoms with E-state index in [1.54, 1.807) is 0 Å². The topological polar surface area (TPSA) is 34.0 Å². The number of aliphatic imine (C=N–C) groups is 2. The molecule has 4 aliphatic rings. The lowest BCUT2D eigenvalue weighted by atomic mass is 9.68. The second-order valence-corrected chi connectivity index (χ2v) is 12.4. The molecule has 2 heterocycles. The second-order valence-electron chi connectivity index (χ2n) is 12.4. The fourth-order valence-corrected chi connectivity index (χ4v) is 8.03. The highest BCUT2D eigenvalue weighted by atomic mass is 16.5. The summed E-state index contributed by atoms with van der Waals surface area (Å²) in [5, 5.41) is 0. The van der Waals surface area contributed by atoms with Crippen molar-refractivity contribution in [3.05, 3.63) is 149 Å². The van der Waals surface area contributed by atoms with Crippen LogP contribution in [0.3, 0.4) is 0 Å². The average molecular weight is 557 g/mol. The Morgan fingerprint density at radius 3 is 2.21 bits per heavy atom. The number of ether oxygens (including phenoxy) is 1. The molecular formula is C40H32N2O. The van der Waals surface area contributed by atoms with Gasteiger partial charge in [-0.25, -0.2) is 4.99 Å². The molecule has 2 aliphatic carbocycles. The lowest BCUT2D eigenvalue weighted by Gasteiger charge is -2.36. The Morgan fingerprint density at radius 2 is 1.30 bits per heavy atom. The van der Waals surface area contributed by atoms with Crippen molar-refractivity contribution in [2.45, 2.75) is 49.7 Å². The molecule has 3 nitrogen and oxygen atoms in total. The standard InChI is InChI=1S/C40H32N2O/c1-3-12-26(13-4-1)36-38-37(31-17-6-8-19-35(31)43-38)42-39(41-36)29-15-11-14-27(24-29)28-20-21-34-32(25-28)30-16-5-7-18-33(30)40(34)22-9-2-10-23-40/h1,3-8,11-21,24-25,37-38H,2,9-10,22-23H2. The van der Waals surface area contributed by atoms with Crippen LogP contribution in [-0.4, -0.2) is 17.7 Å². The summed E-state index contributed by atoms with van der Waals surface area (Å²) in [7, 11) is 0. The first-order valence-corrected chi connectivity index (χ1v) is 15.6. The van der Waals surface area contributed by atoms with Crippen LogP contribution in [0.15, 0.2) is 131 Å². The second kappa shape index (κ2) is 9.64. The molecule has 43 heavy (non-hydrogen) atoms. The summed E-state index contributed by atoms with van der Waals surface area (Å²) in [5.74, 6) is 1.66. The van der Waals surface area contributed by atoms with E-state index in [0.717, 1.165) is 34.0 Å². The van der Waals surface area contributed by atoms with Crippen molar-refractivity contribution in [3.8, 4) is 28.0 Å². The van der Waals surface area contributed by atoms with Gasteiger partial charge >= 0.3 is 0 Å². The normalized spacial score (nSPS) is 20.7. The van der Waals surface area contributed by atoms with Gasteiger partial charge in [-0.2, -0.15) is 0 Å². The highest BCUT2D eigenvalue weighted by Gasteiger charge is 2.44. The molecule has 5 aromatic carbocycles. The molecule has 9 rings (SSSR count). The molecule has 2 unspecified atom stereocenters. The Balaban J connectivity index is 1.14. The lowest BCUT2D eigenvalue weighted by molar-refractivity contribution is 0.275. The van der Waals surface area contributed by atoms with E-state index in [9.17, 15) is 0 Å². The first-order valence-electron chi connectivity index (χ1n) is 15.6. The number of fused-ring (bicyclic) bond motifs is 8. The highest BCUT2D eigenvalue weighted by Crippen LogP contribution is 2.56. The van der Waals surface area contributed by atoms with Crippen molar-refractivity contribution in [1.29, 1.82) is 0 Å². The maximum atomic E-state index is 6.44. The van der Waals surface area contributed by atoms with Gasteiger partial charge < -0.3 is 4.74 Å². The van der Waals surface area contributed by atoms with Gasteiger partial charge in [-0.3, -0.25) is 4.99 Å². The first kappa shape index (κ1) is 24.8. The van der Waals surface area contributed by atoms with Gasteiger partial charge in [0.05, 0.1) is 5.71 Å². The van der Waals surface area contributed by atoms with Gasteiger partial charge in [0.1, 0.15) is 11.8 Å². The fraction of sp³-hybridized carbons (Fsp3) is 0.200. The minimum Gasteiger partial charge on any atom is -0.481 e. The minimum absolute atomic E-state index is 0.120. The quantitative estimate of drug-likeness (QED) is 0.218. The number of nitrogens with zero attached hydrogens (tertiary/aromatic N) is 2. The number of para-hydroxylation sites is 1. The Kier molecular flexibility index (Phi) is 5.56. The van der Waals surface area contributed by atoms with Crippen LogP contribution < -0.4 is 4.74 Å². The van der Waals surface area contributed by atoms with E-state index in [4.69, 9.17) is 14.7 Å². The Hall–Kier alpha value is -4.76. The fourth-order valence-electron chi connectivity index (χ4n) is 8.03. The molecule has 0 radical (unpaired) electrons. The summed E-state index contributed by atoms with van der Waals surface area (Å²) < 4.78 is 6.44. The third kappa shape index (κ3) is 3.81. The van der Waals surface area contributed by atoms with Crippen molar-refractivity contribution in [3.63, 3.8) is 0 Å². The summed E-state index contributed by atoms with van der Waals surface area (Å²) in [6.45, 7) is 0. The summed E-state index contributed by atoms with van der Waals surface area (Å²) >= 11 is 0. The van der Waals surface area contributed by atoms with Gasteiger partial charge in [0.15, 0.2) is 11.9 Å². The molecule has 0 aromatic heterocycles. The molecule has 3 heteroatoms. The molecule has 208 valence electrons. The van der Waals surface area contributed by atoms with Crippen LogP contribution in [0.25, 0.3) is 22.3 Å². The molecule has 0 N–H and O–H groups in total. The van der Waals surface area contributed by atoms with Crippen LogP contribution in [0.5, 0.6) is 5.75 Å². The van der Waals surface area contributed by atoms with E-state index in [-0.39, 0.29) is 17.6 Å². The van der Waals surface area contributed by atoms with Crippen molar-refractivity contribution in [2.24, 2.45) is 9.98 Å². The van der Waals surface area contributed by atoms with Gasteiger partial charge in [-0.05, 0) is 70.0 Å². The SMILES string of the molecule is c1ccc(C2=NC(c3cccc(-c4ccc5c(c4)-c4ccccc4C54CCCCC4)c3)=NC3c4ccccc4OC23)cc1. The Morgan fingerprint density at radius 1 is 0.581 bits per heavy atom. The van der Waals surface area contributed by atoms with Crippen molar-refractivity contribution < 1.29 is 4.74 Å². The molecular weight excluding hydrogens is 524 g/mol. The van der Waals surface area contributed by atoms with E-state index < -0.39 is 0 Å². The number of rotatable bonds is 3. The zero-order valence-corrected chi connectivity index (χ0v) is 24.0. The van der Waals surface area contributed by atoms with Gasteiger partial charge in [-0.15, -0.1) is 0 Å². The number of hydrogen-bond donors (Lipinski definition) is 0. The predicted molar refractivity (Wildman–Crippen MR) is 174 cm³/mol. The maximum Gasteiger partial charge on any atom is 0.168 e. The molecule has 2 atom stereocenters. The van der Waals surface area contributed by atoms with Gasteiger partial charge in [0, 0.05) is 16.5 Å². The smallest absolute Gasteiger partial charge is 0.168 e. The predicted octanol–water partition coefficient (Wildman–Crippen LogP) is 9.34. The van der Waals surface area contributed by atoms with Crippen LogP contribution in [0.1, 0.15) is 66.0 Å². The Labute approximate surface area is 252 Å². The van der Waals surface area contributed by atoms with E-state index in [1.807, 2.05) is 18.2 Å². The lowest BCUT2D eigenvalue weighted by Crippen LogP contribution is -2.33. The zero-order chi connectivity index (χ0) is 28.4. The summed E-state index contributed by atoms with van der Waals surface area (Å²) in [6, 6.07) is 43.6. The monoisotopic (exact) mass is 556 g/mol. The molecule has 2 aliphatic heterocycles. The number of hydrogen-bond acceptors (Lipinski definition) is 3. The van der Waals surface area contributed by atoms with Crippen molar-refractivity contribution in [1.82, 2.24) is 0 Å². The third-order valence-corrected chi connectivity index (χ3v) is 10.0. The van der Waals surface area contributed by atoms with E-state index in [1.165, 1.54) is 65.5 Å². The molecule has 0 saturated heterocycles. The summed E-state index contributed by atoms with van der Waals surface area (Å²) in [5.41, 5.74) is 12.6. The number of amidine groups is 1. The van der Waals surface area contributed by atoms with Crippen molar-refractivity contribution in [2.75, 3.05) is 0 Å². The third-order valence-electron chi connectivity index (χ3n) is 10.0. The van der Waals surface area contributed by atoms with Crippen LogP contribution in [0, 0.1) is 0 Å². The summed E-state index contributed by atoms with van der Waals surface area (Å²) in [4.78, 5) is 10.4. The maximum absolute atomic E-state index is 6.44. The molecule has 1 spiro atoms. The molecule has 0 bridgehead atoms. The molecule has 5 aromatic rings. The first-order chi connectivity index (χ1) is 21.3. The van der Waals surface area contributed by atoms with Crippen molar-refractivity contribution >= 4 is 11.5 Å². The van der Waals surface area contributed by atoms with Crippen LogP contribution in [0.4, 0.5) is 0 Å². The van der Waals surface area contributed by atoms with Crippen LogP contribution >= 0.6 is 0 Å².